The minimum Gasteiger partial charge on any atom is -0.459 e. The summed E-state index contributed by atoms with van der Waals surface area (Å²) in [5.41, 5.74) is 0. The monoisotopic (exact) mass is 180 g/mol. The third-order valence-corrected chi connectivity index (χ3v) is 3.24. The smallest absolute Gasteiger partial charge is 0.330 e. The van der Waals surface area contributed by atoms with Crippen LogP contribution in [0.15, 0.2) is 12.2 Å². The first-order chi connectivity index (χ1) is 6.29. The maximum absolute atomic E-state index is 11.2. The lowest BCUT2D eigenvalue weighted by atomic mass is 9.98. The molecule has 3 unspecified atom stereocenters. The van der Waals surface area contributed by atoms with Crippen molar-refractivity contribution >= 4 is 5.97 Å². The zero-order chi connectivity index (χ0) is 9.26. The van der Waals surface area contributed by atoms with E-state index in [4.69, 9.17) is 4.74 Å². The van der Waals surface area contributed by atoms with Gasteiger partial charge in [0.2, 0.25) is 0 Å². The number of allylic oxidation sites excluding steroid dienone is 1. The van der Waals surface area contributed by atoms with Crippen LogP contribution in [-0.4, -0.2) is 12.1 Å². The largest absolute Gasteiger partial charge is 0.459 e. The number of rotatable bonds is 2. The second-order valence-corrected chi connectivity index (χ2v) is 4.15. The molecule has 2 nitrogen and oxygen atoms in total. The zero-order valence-electron chi connectivity index (χ0n) is 8.03. The number of carbonyl (C=O) groups is 1. The fourth-order valence-corrected chi connectivity index (χ4v) is 2.66. The van der Waals surface area contributed by atoms with Crippen LogP contribution >= 0.6 is 0 Å². The molecule has 13 heavy (non-hydrogen) atoms. The molecule has 2 heteroatoms. The van der Waals surface area contributed by atoms with Crippen LogP contribution < -0.4 is 0 Å². The molecule has 2 bridgehead atoms. The first-order valence-corrected chi connectivity index (χ1v) is 5.13. The van der Waals surface area contributed by atoms with Crippen LogP contribution in [-0.2, 0) is 9.53 Å². The maximum Gasteiger partial charge on any atom is 0.330 e. The Bertz CT molecular complexity index is 232. The van der Waals surface area contributed by atoms with Gasteiger partial charge in [0, 0.05) is 6.08 Å². The molecule has 3 atom stereocenters. The third kappa shape index (κ3) is 1.77. The Balaban J connectivity index is 1.86. The highest BCUT2D eigenvalue weighted by molar-refractivity contribution is 5.81. The van der Waals surface area contributed by atoms with Crippen molar-refractivity contribution in [2.24, 2.45) is 11.8 Å². The van der Waals surface area contributed by atoms with Gasteiger partial charge in [0.25, 0.3) is 0 Å². The van der Waals surface area contributed by atoms with Crippen molar-refractivity contribution in [2.45, 2.75) is 38.7 Å². The van der Waals surface area contributed by atoms with Gasteiger partial charge in [-0.15, -0.1) is 0 Å². The molecule has 2 aliphatic rings. The second kappa shape index (κ2) is 3.52. The summed E-state index contributed by atoms with van der Waals surface area (Å²) in [6.07, 6.45) is 8.46. The van der Waals surface area contributed by atoms with Gasteiger partial charge in [-0.25, -0.2) is 4.79 Å². The Morgan fingerprint density at radius 3 is 2.77 bits per heavy atom. The molecule has 0 saturated heterocycles. The molecule has 72 valence electrons. The lowest BCUT2D eigenvalue weighted by Gasteiger charge is -2.20. The molecule has 0 heterocycles. The van der Waals surface area contributed by atoms with Crippen molar-refractivity contribution in [2.75, 3.05) is 0 Å². The van der Waals surface area contributed by atoms with E-state index in [9.17, 15) is 4.79 Å². The summed E-state index contributed by atoms with van der Waals surface area (Å²) in [4.78, 5) is 11.2. The maximum atomic E-state index is 11.2. The summed E-state index contributed by atoms with van der Waals surface area (Å²) >= 11 is 0. The van der Waals surface area contributed by atoms with E-state index in [1.807, 2.05) is 6.92 Å². The average Bonchev–Trinajstić information content (AvgIpc) is 2.65. The van der Waals surface area contributed by atoms with Crippen LogP contribution in [0, 0.1) is 11.8 Å². The summed E-state index contributed by atoms with van der Waals surface area (Å²) in [5.74, 6) is 1.34. The molecule has 2 rings (SSSR count). The highest BCUT2D eigenvalue weighted by Crippen LogP contribution is 2.45. The van der Waals surface area contributed by atoms with Crippen LogP contribution in [0.4, 0.5) is 0 Å². The van der Waals surface area contributed by atoms with E-state index in [2.05, 4.69) is 0 Å². The molecule has 2 saturated carbocycles. The van der Waals surface area contributed by atoms with E-state index in [1.54, 1.807) is 6.08 Å². The van der Waals surface area contributed by atoms with Crippen LogP contribution in [0.3, 0.4) is 0 Å². The Hall–Kier alpha value is -0.790. The van der Waals surface area contributed by atoms with E-state index >= 15 is 0 Å². The SMILES string of the molecule is C/C=C/C(=O)OC1CC2CCC1C2. The van der Waals surface area contributed by atoms with Gasteiger partial charge in [-0.05, 0) is 44.4 Å². The molecular formula is C11H16O2. The molecule has 0 aliphatic heterocycles. The van der Waals surface area contributed by atoms with E-state index < -0.39 is 0 Å². The topological polar surface area (TPSA) is 26.3 Å². The summed E-state index contributed by atoms with van der Waals surface area (Å²) in [5, 5.41) is 0. The van der Waals surface area contributed by atoms with Crippen molar-refractivity contribution in [3.05, 3.63) is 12.2 Å². The average molecular weight is 180 g/mol. The molecule has 2 fully saturated rings. The van der Waals surface area contributed by atoms with E-state index in [1.165, 1.54) is 25.3 Å². The number of carbonyl (C=O) groups excluding carboxylic acids is 1. The summed E-state index contributed by atoms with van der Waals surface area (Å²) in [6, 6.07) is 0. The molecular weight excluding hydrogens is 164 g/mol. The summed E-state index contributed by atoms with van der Waals surface area (Å²) in [7, 11) is 0. The molecule has 2 aliphatic carbocycles. The molecule has 0 radical (unpaired) electrons. The van der Waals surface area contributed by atoms with E-state index in [-0.39, 0.29) is 12.1 Å². The molecule has 0 aromatic rings. The standard InChI is InChI=1S/C11H16O2/c1-2-3-11(12)13-10-7-8-4-5-9(10)6-8/h2-3,8-10H,4-7H2,1H3/b3-2+. The number of hydrogen-bond acceptors (Lipinski definition) is 2. The lowest BCUT2D eigenvalue weighted by molar-refractivity contribution is -0.145. The highest BCUT2D eigenvalue weighted by atomic mass is 16.5. The first-order valence-electron chi connectivity index (χ1n) is 5.13. The minimum absolute atomic E-state index is 0.167. The molecule has 0 N–H and O–H groups in total. The van der Waals surface area contributed by atoms with Crippen molar-refractivity contribution in [3.8, 4) is 0 Å². The number of hydrogen-bond donors (Lipinski definition) is 0. The Labute approximate surface area is 79.0 Å². The van der Waals surface area contributed by atoms with Gasteiger partial charge >= 0.3 is 5.97 Å². The Morgan fingerprint density at radius 1 is 1.38 bits per heavy atom. The molecule has 0 aromatic carbocycles. The van der Waals surface area contributed by atoms with Gasteiger partial charge in [-0.1, -0.05) is 6.08 Å². The second-order valence-electron chi connectivity index (χ2n) is 4.15. The van der Waals surface area contributed by atoms with Gasteiger partial charge in [-0.2, -0.15) is 0 Å². The van der Waals surface area contributed by atoms with Gasteiger partial charge < -0.3 is 4.74 Å². The third-order valence-electron chi connectivity index (χ3n) is 3.24. The van der Waals surface area contributed by atoms with Crippen molar-refractivity contribution in [1.82, 2.24) is 0 Å². The van der Waals surface area contributed by atoms with Crippen molar-refractivity contribution in [1.29, 1.82) is 0 Å². The van der Waals surface area contributed by atoms with E-state index in [0.29, 0.717) is 5.92 Å². The predicted octanol–water partition coefficient (Wildman–Crippen LogP) is 2.29. The number of ether oxygens (including phenoxy) is 1. The summed E-state index contributed by atoms with van der Waals surface area (Å²) in [6.45, 7) is 1.84. The van der Waals surface area contributed by atoms with Crippen LogP contribution in [0.2, 0.25) is 0 Å². The van der Waals surface area contributed by atoms with Gasteiger partial charge in [0.15, 0.2) is 0 Å². The molecule has 0 amide bonds. The normalized spacial score (nSPS) is 37.2. The van der Waals surface area contributed by atoms with Gasteiger partial charge in [0.1, 0.15) is 6.10 Å². The van der Waals surface area contributed by atoms with Gasteiger partial charge in [-0.3, -0.25) is 0 Å². The lowest BCUT2D eigenvalue weighted by Crippen LogP contribution is -2.22. The first kappa shape index (κ1) is 8.79. The van der Waals surface area contributed by atoms with E-state index in [0.717, 1.165) is 12.3 Å². The van der Waals surface area contributed by atoms with Gasteiger partial charge in [0.05, 0.1) is 0 Å². The fourth-order valence-electron chi connectivity index (χ4n) is 2.66. The quantitative estimate of drug-likeness (QED) is 0.481. The van der Waals surface area contributed by atoms with Crippen molar-refractivity contribution in [3.63, 3.8) is 0 Å². The number of esters is 1. The Morgan fingerprint density at radius 2 is 2.23 bits per heavy atom. The molecule has 0 aromatic heterocycles. The Kier molecular flexibility index (Phi) is 2.38. The molecule has 0 spiro atoms. The van der Waals surface area contributed by atoms with Crippen LogP contribution in [0.5, 0.6) is 0 Å². The van der Waals surface area contributed by atoms with Crippen LogP contribution in [0.25, 0.3) is 0 Å². The summed E-state index contributed by atoms with van der Waals surface area (Å²) < 4.78 is 5.36. The fraction of sp³-hybridized carbons (Fsp3) is 0.727. The highest BCUT2D eigenvalue weighted by Gasteiger charge is 2.41. The minimum atomic E-state index is -0.167. The zero-order valence-corrected chi connectivity index (χ0v) is 8.03. The number of fused-ring (bicyclic) bond motifs is 2. The van der Waals surface area contributed by atoms with Crippen molar-refractivity contribution < 1.29 is 9.53 Å². The van der Waals surface area contributed by atoms with Crippen LogP contribution in [0.1, 0.15) is 32.6 Å². The predicted molar refractivity (Wildman–Crippen MR) is 50.1 cm³/mol.